The van der Waals surface area contributed by atoms with Gasteiger partial charge in [0.15, 0.2) is 0 Å². The Bertz CT molecular complexity index is 1210. The lowest BCUT2D eigenvalue weighted by molar-refractivity contribution is -0.142. The third-order valence-corrected chi connectivity index (χ3v) is 10.8. The molecule has 7 atom stereocenters. The number of amides is 4. The SMILES string of the molecule is C=CCCC(C)C[C@@H](COC)[C@H](NC(=O)O)C(=O)N1C[C@H](O)C[C@H]1C(=O)N[C@]1(C(=O)NS(=O)(=O)C2(CF)CC2)C[C@H]1C=C. The van der Waals surface area contributed by atoms with E-state index in [2.05, 4.69) is 23.8 Å². The maximum Gasteiger partial charge on any atom is 0.405 e. The minimum absolute atomic E-state index is 0.0249. The Morgan fingerprint density at radius 2 is 1.91 bits per heavy atom. The number of hydrogen-bond acceptors (Lipinski definition) is 8. The van der Waals surface area contributed by atoms with E-state index in [0.717, 1.165) is 17.7 Å². The molecular formula is C28H43FN4O9S. The number of aliphatic hydroxyl groups excluding tert-OH is 1. The summed E-state index contributed by atoms with van der Waals surface area (Å²) in [5.41, 5.74) is -1.70. The van der Waals surface area contributed by atoms with Crippen LogP contribution in [0.5, 0.6) is 0 Å². The molecule has 0 aromatic carbocycles. The number of aliphatic hydroxyl groups is 1. The summed E-state index contributed by atoms with van der Waals surface area (Å²) in [5, 5.41) is 24.8. The van der Waals surface area contributed by atoms with E-state index in [0.29, 0.717) is 6.42 Å². The molecule has 0 spiro atoms. The summed E-state index contributed by atoms with van der Waals surface area (Å²) in [7, 11) is -2.94. The largest absolute Gasteiger partial charge is 0.465 e. The second-order valence-electron chi connectivity index (χ2n) is 12.0. The van der Waals surface area contributed by atoms with Crippen LogP contribution >= 0.6 is 0 Å². The molecule has 13 nitrogen and oxygen atoms in total. The highest BCUT2D eigenvalue weighted by molar-refractivity contribution is 7.91. The Hall–Kier alpha value is -3.04. The fourth-order valence-corrected chi connectivity index (χ4v) is 7.25. The third kappa shape index (κ3) is 7.55. The van der Waals surface area contributed by atoms with Crippen molar-refractivity contribution < 1.29 is 46.9 Å². The van der Waals surface area contributed by atoms with E-state index < -0.39 is 80.8 Å². The first-order valence-electron chi connectivity index (χ1n) is 14.4. The van der Waals surface area contributed by atoms with E-state index in [4.69, 9.17) is 4.74 Å². The van der Waals surface area contributed by atoms with Gasteiger partial charge in [-0.25, -0.2) is 17.6 Å². The van der Waals surface area contributed by atoms with Gasteiger partial charge >= 0.3 is 6.09 Å². The van der Waals surface area contributed by atoms with Crippen LogP contribution < -0.4 is 15.4 Å². The number of carbonyl (C=O) groups is 4. The molecule has 1 aliphatic heterocycles. The Labute approximate surface area is 251 Å². The molecule has 1 unspecified atom stereocenters. The highest BCUT2D eigenvalue weighted by atomic mass is 32.2. The van der Waals surface area contributed by atoms with Gasteiger partial charge in [-0.05, 0) is 44.4 Å². The van der Waals surface area contributed by atoms with Gasteiger partial charge in [0.2, 0.25) is 21.8 Å². The second kappa shape index (κ2) is 13.7. The van der Waals surface area contributed by atoms with Gasteiger partial charge in [0, 0.05) is 31.9 Å². The van der Waals surface area contributed by atoms with Crippen molar-refractivity contribution in [1.29, 1.82) is 0 Å². The smallest absolute Gasteiger partial charge is 0.405 e. The number of nitrogens with zero attached hydrogens (tertiary/aromatic N) is 1. The number of alkyl halides is 1. The van der Waals surface area contributed by atoms with Gasteiger partial charge in [-0.2, -0.15) is 0 Å². The molecule has 1 saturated heterocycles. The van der Waals surface area contributed by atoms with Crippen molar-refractivity contribution in [2.24, 2.45) is 17.8 Å². The fourth-order valence-electron chi connectivity index (χ4n) is 5.82. The van der Waals surface area contributed by atoms with Crippen molar-refractivity contribution >= 4 is 33.8 Å². The lowest BCUT2D eigenvalue weighted by atomic mass is 9.87. The maximum absolute atomic E-state index is 13.9. The Morgan fingerprint density at radius 1 is 1.23 bits per heavy atom. The van der Waals surface area contributed by atoms with E-state index in [-0.39, 0.29) is 44.8 Å². The number of sulfonamides is 1. The Kier molecular flexibility index (Phi) is 11.0. The van der Waals surface area contributed by atoms with Crippen molar-refractivity contribution in [3.05, 3.63) is 25.3 Å². The zero-order valence-corrected chi connectivity index (χ0v) is 25.4. The molecule has 2 aliphatic carbocycles. The van der Waals surface area contributed by atoms with E-state index in [1.54, 1.807) is 6.08 Å². The lowest BCUT2D eigenvalue weighted by Crippen LogP contribution is -2.60. The minimum Gasteiger partial charge on any atom is -0.465 e. The van der Waals surface area contributed by atoms with Crippen molar-refractivity contribution in [3.8, 4) is 0 Å². The zero-order valence-electron chi connectivity index (χ0n) is 24.6. The van der Waals surface area contributed by atoms with Gasteiger partial charge in [0.25, 0.3) is 5.91 Å². The van der Waals surface area contributed by atoms with Crippen LogP contribution in [0.3, 0.4) is 0 Å². The third-order valence-electron chi connectivity index (χ3n) is 8.73. The Balaban J connectivity index is 1.82. The number of likely N-dealkylation sites (tertiary alicyclic amines) is 1. The van der Waals surface area contributed by atoms with E-state index in [9.17, 15) is 42.2 Å². The summed E-state index contributed by atoms with van der Waals surface area (Å²) in [5.74, 6) is -3.76. The number of nitrogens with one attached hydrogen (secondary N) is 3. The number of allylic oxidation sites excluding steroid dienone is 1. The van der Waals surface area contributed by atoms with Gasteiger partial charge < -0.3 is 30.5 Å². The van der Waals surface area contributed by atoms with Crippen LogP contribution in [-0.2, 0) is 29.1 Å². The quantitative estimate of drug-likeness (QED) is 0.145. The summed E-state index contributed by atoms with van der Waals surface area (Å²) in [6.07, 6.45) is 2.44. The van der Waals surface area contributed by atoms with Crippen LogP contribution in [0.15, 0.2) is 25.3 Å². The predicted octanol–water partition coefficient (Wildman–Crippen LogP) is 0.848. The van der Waals surface area contributed by atoms with Crippen molar-refractivity contribution in [2.45, 2.75) is 80.3 Å². The van der Waals surface area contributed by atoms with E-state index in [1.165, 1.54) is 13.2 Å². The van der Waals surface area contributed by atoms with Crippen LogP contribution in [0.25, 0.3) is 0 Å². The molecule has 1 heterocycles. The van der Waals surface area contributed by atoms with E-state index >= 15 is 0 Å². The molecule has 0 aromatic heterocycles. The molecule has 43 heavy (non-hydrogen) atoms. The number of β-amino-alcohol motifs (C(OH)–C–C–N with tert-alkyl or cyclic N) is 1. The topological polar surface area (TPSA) is 191 Å². The standard InChI is InChI=1S/C28H43FN4O9S/c1-5-7-8-17(3)11-18(15-42-4)22(30-26(38)39)24(36)33-14-20(34)12-21(33)23(35)31-28(13-19(28)6-2)25(37)32-43(40,41)27(16-29)9-10-27/h5-6,17-22,30,34H,1-2,7-16H2,3-4H3,(H,31,35)(H,32,37)(H,38,39)/t17?,18-,19+,20+,21-,22-,28+/m0/s1. The summed E-state index contributed by atoms with van der Waals surface area (Å²) in [6.45, 7) is 7.93. The summed E-state index contributed by atoms with van der Waals surface area (Å²) >= 11 is 0. The first kappa shape index (κ1) is 34.5. The second-order valence-corrected chi connectivity index (χ2v) is 14.1. The van der Waals surface area contributed by atoms with Gasteiger partial charge in [-0.3, -0.25) is 19.1 Å². The molecule has 0 aromatic rings. The minimum atomic E-state index is -4.36. The van der Waals surface area contributed by atoms with Crippen molar-refractivity contribution in [3.63, 3.8) is 0 Å². The summed E-state index contributed by atoms with van der Waals surface area (Å²) in [4.78, 5) is 53.5. The normalized spacial score (nSPS) is 27.7. The number of carboxylic acid groups (broad SMARTS) is 1. The number of methoxy groups -OCH3 is 1. The highest BCUT2D eigenvalue weighted by Gasteiger charge is 2.63. The average molecular weight is 631 g/mol. The Morgan fingerprint density at radius 3 is 2.42 bits per heavy atom. The van der Waals surface area contributed by atoms with Crippen LogP contribution in [0.4, 0.5) is 9.18 Å². The molecule has 4 amide bonds. The van der Waals surface area contributed by atoms with Gasteiger partial charge in [-0.15, -0.1) is 13.2 Å². The van der Waals surface area contributed by atoms with Crippen LogP contribution in [0.1, 0.15) is 51.9 Å². The molecule has 3 fully saturated rings. The maximum atomic E-state index is 13.9. The van der Waals surface area contributed by atoms with Crippen molar-refractivity contribution in [2.75, 3.05) is 26.9 Å². The monoisotopic (exact) mass is 630 g/mol. The number of halogens is 1. The first-order chi connectivity index (χ1) is 20.2. The van der Waals surface area contributed by atoms with Gasteiger partial charge in [0.1, 0.15) is 29.0 Å². The molecular weight excluding hydrogens is 587 g/mol. The van der Waals surface area contributed by atoms with Gasteiger partial charge in [-0.1, -0.05) is 19.1 Å². The molecule has 0 bridgehead atoms. The lowest BCUT2D eigenvalue weighted by Gasteiger charge is -2.33. The average Bonchev–Trinajstić information content (AvgIpc) is 3.85. The highest BCUT2D eigenvalue weighted by Crippen LogP contribution is 2.47. The number of ether oxygens (including phenoxy) is 1. The van der Waals surface area contributed by atoms with Crippen molar-refractivity contribution in [1.82, 2.24) is 20.3 Å². The predicted molar refractivity (Wildman–Crippen MR) is 154 cm³/mol. The van der Waals surface area contributed by atoms with Crippen LogP contribution in [0, 0.1) is 17.8 Å². The summed E-state index contributed by atoms with van der Waals surface area (Å²) in [6, 6.07) is -2.58. The molecule has 3 rings (SSSR count). The number of rotatable bonds is 17. The first-order valence-corrected chi connectivity index (χ1v) is 15.8. The number of hydrogen-bond donors (Lipinski definition) is 5. The molecule has 3 aliphatic rings. The summed E-state index contributed by atoms with van der Waals surface area (Å²) < 4.78 is 44.4. The van der Waals surface area contributed by atoms with Gasteiger partial charge in [0.05, 0.1) is 12.7 Å². The fraction of sp³-hybridized carbons (Fsp3) is 0.714. The molecule has 0 radical (unpaired) electrons. The van der Waals surface area contributed by atoms with Crippen LogP contribution in [-0.4, -0.2) is 103 Å². The van der Waals surface area contributed by atoms with E-state index in [1.807, 2.05) is 11.6 Å². The zero-order chi connectivity index (χ0) is 32.2. The van der Waals surface area contributed by atoms with Crippen LogP contribution in [0.2, 0.25) is 0 Å². The molecule has 242 valence electrons. The number of carbonyl (C=O) groups excluding carboxylic acids is 3. The molecule has 15 heteroatoms. The molecule has 5 N–H and O–H groups in total. The molecule has 2 saturated carbocycles.